The molecule has 1 aromatic rings. The van der Waals surface area contributed by atoms with Crippen LogP contribution in [0.15, 0.2) is 18.2 Å². The van der Waals surface area contributed by atoms with Crippen molar-refractivity contribution in [3.63, 3.8) is 0 Å². The van der Waals surface area contributed by atoms with Gasteiger partial charge in [0.2, 0.25) is 0 Å². The van der Waals surface area contributed by atoms with Gasteiger partial charge in [-0.1, -0.05) is 17.7 Å². The van der Waals surface area contributed by atoms with Crippen molar-refractivity contribution < 1.29 is 14.6 Å². The number of hydrogen-bond donors (Lipinski definition) is 1. The summed E-state index contributed by atoms with van der Waals surface area (Å²) >= 11 is 5.84. The summed E-state index contributed by atoms with van der Waals surface area (Å²) in [5.41, 5.74) is 0.426. The maximum absolute atomic E-state index is 10.6. The summed E-state index contributed by atoms with van der Waals surface area (Å²) in [7, 11) is 0. The van der Waals surface area contributed by atoms with Gasteiger partial charge in [-0.25, -0.2) is 0 Å². The van der Waals surface area contributed by atoms with Crippen molar-refractivity contribution >= 4 is 17.9 Å². The maximum Gasteiger partial charge on any atom is 0.153 e. The third-order valence-electron chi connectivity index (χ3n) is 1.67. The van der Waals surface area contributed by atoms with E-state index in [1.807, 2.05) is 0 Å². The van der Waals surface area contributed by atoms with E-state index in [1.54, 1.807) is 18.2 Å². The van der Waals surface area contributed by atoms with Crippen LogP contribution in [0.5, 0.6) is 5.75 Å². The number of carbonyl (C=O) groups is 1. The molecule has 0 heterocycles. The monoisotopic (exact) mass is 214 g/mol. The van der Waals surface area contributed by atoms with Crippen molar-refractivity contribution in [3.8, 4) is 5.75 Å². The fourth-order valence-corrected chi connectivity index (χ4v) is 1.25. The summed E-state index contributed by atoms with van der Waals surface area (Å²) in [6.07, 6.45) is 1.21. The van der Waals surface area contributed by atoms with Crippen molar-refractivity contribution in [2.45, 2.75) is 6.42 Å². The van der Waals surface area contributed by atoms with Crippen LogP contribution in [0.25, 0.3) is 0 Å². The molecule has 0 aromatic heterocycles. The molecule has 0 saturated heterocycles. The molecule has 0 radical (unpaired) electrons. The molecule has 0 aliphatic heterocycles. The lowest BCUT2D eigenvalue weighted by Gasteiger charge is -2.08. The van der Waals surface area contributed by atoms with E-state index in [0.29, 0.717) is 35.6 Å². The number of para-hydroxylation sites is 1. The van der Waals surface area contributed by atoms with E-state index in [1.165, 1.54) is 0 Å². The van der Waals surface area contributed by atoms with Crippen LogP contribution in [0.2, 0.25) is 5.02 Å². The van der Waals surface area contributed by atoms with E-state index in [-0.39, 0.29) is 6.61 Å². The summed E-state index contributed by atoms with van der Waals surface area (Å²) in [6, 6.07) is 4.97. The second-order valence-corrected chi connectivity index (χ2v) is 3.11. The lowest BCUT2D eigenvalue weighted by Crippen LogP contribution is -2.02. The van der Waals surface area contributed by atoms with E-state index < -0.39 is 0 Å². The molecule has 0 saturated carbocycles. The summed E-state index contributed by atoms with van der Waals surface area (Å²) in [5.74, 6) is 0.387. The number of ether oxygens (including phenoxy) is 1. The molecular weight excluding hydrogens is 204 g/mol. The van der Waals surface area contributed by atoms with Gasteiger partial charge in [-0.05, 0) is 12.1 Å². The predicted octanol–water partition coefficient (Wildman–Crippen LogP) is 1.91. The zero-order valence-electron chi connectivity index (χ0n) is 7.57. The zero-order valence-corrected chi connectivity index (χ0v) is 8.33. The van der Waals surface area contributed by atoms with Gasteiger partial charge in [-0.2, -0.15) is 0 Å². The highest BCUT2D eigenvalue weighted by Gasteiger charge is 2.06. The number of aliphatic hydroxyl groups excluding tert-OH is 1. The van der Waals surface area contributed by atoms with E-state index in [4.69, 9.17) is 21.4 Å². The SMILES string of the molecule is O=Cc1cccc(Cl)c1OCCCO. The van der Waals surface area contributed by atoms with Crippen LogP contribution < -0.4 is 4.74 Å². The number of aliphatic hydroxyl groups is 1. The van der Waals surface area contributed by atoms with Crippen molar-refractivity contribution in [2.24, 2.45) is 0 Å². The van der Waals surface area contributed by atoms with Crippen LogP contribution in [-0.4, -0.2) is 24.6 Å². The number of benzene rings is 1. The summed E-state index contributed by atoms with van der Waals surface area (Å²) < 4.78 is 5.28. The first kappa shape index (κ1) is 11.0. The Morgan fingerprint density at radius 2 is 2.29 bits per heavy atom. The fourth-order valence-electron chi connectivity index (χ4n) is 1.01. The average Bonchev–Trinajstić information content (AvgIpc) is 2.20. The standard InChI is InChI=1S/C10H11ClO3/c11-9-4-1-3-8(7-13)10(9)14-6-2-5-12/h1,3-4,7,12H,2,5-6H2. The second-order valence-electron chi connectivity index (χ2n) is 2.70. The Hall–Kier alpha value is -1.06. The van der Waals surface area contributed by atoms with Gasteiger partial charge in [0.1, 0.15) is 5.75 Å². The Balaban J connectivity index is 2.77. The first-order valence-corrected chi connectivity index (χ1v) is 4.64. The van der Waals surface area contributed by atoms with E-state index in [2.05, 4.69) is 0 Å². The Morgan fingerprint density at radius 3 is 2.93 bits per heavy atom. The number of carbonyl (C=O) groups excluding carboxylic acids is 1. The van der Waals surface area contributed by atoms with E-state index >= 15 is 0 Å². The summed E-state index contributed by atoms with van der Waals surface area (Å²) in [5, 5.41) is 8.97. The quantitative estimate of drug-likeness (QED) is 0.602. The third kappa shape index (κ3) is 2.72. The first-order chi connectivity index (χ1) is 6.79. The predicted molar refractivity (Wildman–Crippen MR) is 54.0 cm³/mol. The fraction of sp³-hybridized carbons (Fsp3) is 0.300. The molecule has 1 rings (SSSR count). The molecule has 0 unspecified atom stereocenters. The molecular formula is C10H11ClO3. The molecule has 3 nitrogen and oxygen atoms in total. The van der Waals surface area contributed by atoms with E-state index in [9.17, 15) is 4.79 Å². The van der Waals surface area contributed by atoms with Crippen molar-refractivity contribution in [1.82, 2.24) is 0 Å². The minimum Gasteiger partial charge on any atom is -0.491 e. The van der Waals surface area contributed by atoms with Gasteiger partial charge in [-0.3, -0.25) is 4.79 Å². The minimum atomic E-state index is 0.0564. The van der Waals surface area contributed by atoms with Crippen molar-refractivity contribution in [2.75, 3.05) is 13.2 Å². The molecule has 0 fully saturated rings. The van der Waals surface area contributed by atoms with Gasteiger partial charge in [0.15, 0.2) is 6.29 Å². The van der Waals surface area contributed by atoms with Crippen LogP contribution in [0, 0.1) is 0 Å². The number of aldehydes is 1. The van der Waals surface area contributed by atoms with E-state index in [0.717, 1.165) is 0 Å². The largest absolute Gasteiger partial charge is 0.491 e. The molecule has 0 bridgehead atoms. The van der Waals surface area contributed by atoms with Crippen LogP contribution in [0.4, 0.5) is 0 Å². The smallest absolute Gasteiger partial charge is 0.153 e. The Labute approximate surface area is 87.3 Å². The molecule has 0 aliphatic carbocycles. The first-order valence-electron chi connectivity index (χ1n) is 4.27. The van der Waals surface area contributed by atoms with Gasteiger partial charge < -0.3 is 9.84 Å². The van der Waals surface area contributed by atoms with Crippen LogP contribution in [0.1, 0.15) is 16.8 Å². The third-order valence-corrected chi connectivity index (χ3v) is 1.97. The second kappa shape index (κ2) is 5.62. The Morgan fingerprint density at radius 1 is 1.50 bits per heavy atom. The zero-order chi connectivity index (χ0) is 10.4. The molecule has 4 heteroatoms. The highest BCUT2D eigenvalue weighted by atomic mass is 35.5. The molecule has 0 aliphatic rings. The summed E-state index contributed by atoms with van der Waals surface area (Å²) in [6.45, 7) is 0.405. The number of hydrogen-bond acceptors (Lipinski definition) is 3. The number of rotatable bonds is 5. The molecule has 0 atom stereocenters. The lowest BCUT2D eigenvalue weighted by atomic mass is 10.2. The van der Waals surface area contributed by atoms with Crippen LogP contribution >= 0.6 is 11.6 Å². The molecule has 1 aromatic carbocycles. The Bertz CT molecular complexity index is 312. The van der Waals surface area contributed by atoms with Crippen LogP contribution in [-0.2, 0) is 0 Å². The molecule has 14 heavy (non-hydrogen) atoms. The average molecular weight is 215 g/mol. The van der Waals surface area contributed by atoms with Gasteiger partial charge in [0, 0.05) is 13.0 Å². The van der Waals surface area contributed by atoms with Gasteiger partial charge in [-0.15, -0.1) is 0 Å². The number of halogens is 1. The molecule has 76 valence electrons. The highest BCUT2D eigenvalue weighted by molar-refractivity contribution is 6.32. The van der Waals surface area contributed by atoms with Crippen LogP contribution in [0.3, 0.4) is 0 Å². The molecule has 0 spiro atoms. The summed E-state index contributed by atoms with van der Waals surface area (Å²) in [4.78, 5) is 10.6. The normalized spacial score (nSPS) is 9.86. The lowest BCUT2D eigenvalue weighted by molar-refractivity contribution is 0.111. The van der Waals surface area contributed by atoms with Crippen molar-refractivity contribution in [3.05, 3.63) is 28.8 Å². The van der Waals surface area contributed by atoms with Crippen molar-refractivity contribution in [1.29, 1.82) is 0 Å². The maximum atomic E-state index is 10.6. The van der Waals surface area contributed by atoms with Gasteiger partial charge >= 0.3 is 0 Å². The van der Waals surface area contributed by atoms with Gasteiger partial charge in [0.25, 0.3) is 0 Å². The molecule has 0 amide bonds. The molecule has 1 N–H and O–H groups in total. The Kier molecular flexibility index (Phi) is 4.43. The highest BCUT2D eigenvalue weighted by Crippen LogP contribution is 2.27. The topological polar surface area (TPSA) is 46.5 Å². The minimum absolute atomic E-state index is 0.0564. The van der Waals surface area contributed by atoms with Gasteiger partial charge in [0.05, 0.1) is 17.2 Å².